The summed E-state index contributed by atoms with van der Waals surface area (Å²) in [5.41, 5.74) is 0.0394. The van der Waals surface area contributed by atoms with Gasteiger partial charge in [0, 0.05) is 11.6 Å². The number of nitrogens with one attached hydrogen (secondary N) is 1. The summed E-state index contributed by atoms with van der Waals surface area (Å²) in [6.45, 7) is 4.40. The molecule has 0 aliphatic heterocycles. The topological polar surface area (TPSA) is 21.3 Å². The molecule has 19 heavy (non-hydrogen) atoms. The fraction of sp³-hybridized carbons (Fsp3) is 0.600. The van der Waals surface area contributed by atoms with Gasteiger partial charge >= 0.3 is 0 Å². The molecule has 4 heteroatoms. The molecule has 1 aliphatic rings. The van der Waals surface area contributed by atoms with Crippen LogP contribution in [-0.2, 0) is 5.92 Å². The lowest BCUT2D eigenvalue weighted by atomic mass is 10.1. The van der Waals surface area contributed by atoms with E-state index in [1.54, 1.807) is 12.1 Å². The van der Waals surface area contributed by atoms with Crippen molar-refractivity contribution in [1.29, 1.82) is 0 Å². The third-order valence-electron chi connectivity index (χ3n) is 3.05. The van der Waals surface area contributed by atoms with Crippen LogP contribution in [0.5, 0.6) is 5.75 Å². The first-order chi connectivity index (χ1) is 8.97. The minimum Gasteiger partial charge on any atom is -0.493 e. The van der Waals surface area contributed by atoms with Crippen molar-refractivity contribution in [1.82, 2.24) is 5.32 Å². The second kappa shape index (κ2) is 5.87. The molecule has 2 rings (SSSR count). The van der Waals surface area contributed by atoms with Crippen molar-refractivity contribution in [3.8, 4) is 5.75 Å². The standard InChI is InChI=1S/C15H21F2NO/c1-11(2)9-19-14-7-3-12(4-8-14)15(16,17)10-18-13-5-6-13/h3-4,7-8,11,13,18H,5-6,9-10H2,1-2H3. The molecule has 0 radical (unpaired) electrons. The van der Waals surface area contributed by atoms with Crippen LogP contribution < -0.4 is 10.1 Å². The maximum Gasteiger partial charge on any atom is 0.285 e. The summed E-state index contributed by atoms with van der Waals surface area (Å²) in [4.78, 5) is 0. The average molecular weight is 269 g/mol. The van der Waals surface area contributed by atoms with Crippen LogP contribution in [0.2, 0.25) is 0 Å². The average Bonchev–Trinajstić information content (AvgIpc) is 3.18. The maximum atomic E-state index is 13.9. The Balaban J connectivity index is 1.91. The Morgan fingerprint density at radius 1 is 1.26 bits per heavy atom. The Morgan fingerprint density at radius 3 is 2.42 bits per heavy atom. The van der Waals surface area contributed by atoms with Gasteiger partial charge in [-0.15, -0.1) is 0 Å². The normalized spacial score (nSPS) is 15.8. The Morgan fingerprint density at radius 2 is 1.89 bits per heavy atom. The summed E-state index contributed by atoms with van der Waals surface area (Å²) in [5, 5.41) is 2.87. The molecule has 1 aromatic rings. The molecule has 0 spiro atoms. The Bertz CT molecular complexity index is 399. The van der Waals surface area contributed by atoms with Gasteiger partial charge in [0.25, 0.3) is 5.92 Å². The Kier molecular flexibility index (Phi) is 4.40. The molecule has 0 amide bonds. The van der Waals surface area contributed by atoms with E-state index in [1.807, 2.05) is 13.8 Å². The van der Waals surface area contributed by atoms with Gasteiger partial charge in [-0.05, 0) is 43.0 Å². The van der Waals surface area contributed by atoms with Crippen LogP contribution in [0.1, 0.15) is 32.3 Å². The van der Waals surface area contributed by atoms with E-state index in [1.165, 1.54) is 12.1 Å². The van der Waals surface area contributed by atoms with E-state index in [-0.39, 0.29) is 12.1 Å². The van der Waals surface area contributed by atoms with Gasteiger partial charge in [-0.1, -0.05) is 13.8 Å². The summed E-state index contributed by atoms with van der Waals surface area (Å²) in [7, 11) is 0. The second-order valence-corrected chi connectivity index (χ2v) is 5.59. The van der Waals surface area contributed by atoms with Crippen LogP contribution in [0, 0.1) is 5.92 Å². The SMILES string of the molecule is CC(C)COc1ccc(C(F)(F)CNC2CC2)cc1. The van der Waals surface area contributed by atoms with Crippen LogP contribution in [0.25, 0.3) is 0 Å². The van der Waals surface area contributed by atoms with Gasteiger partial charge in [-0.25, -0.2) is 0 Å². The summed E-state index contributed by atoms with van der Waals surface area (Å²) < 4.78 is 33.3. The van der Waals surface area contributed by atoms with E-state index in [4.69, 9.17) is 4.74 Å². The van der Waals surface area contributed by atoms with E-state index < -0.39 is 5.92 Å². The van der Waals surface area contributed by atoms with Gasteiger partial charge in [0.15, 0.2) is 0 Å². The van der Waals surface area contributed by atoms with Crippen LogP contribution >= 0.6 is 0 Å². The molecule has 0 atom stereocenters. The van der Waals surface area contributed by atoms with E-state index >= 15 is 0 Å². The fourth-order valence-corrected chi connectivity index (χ4v) is 1.72. The first-order valence-corrected chi connectivity index (χ1v) is 6.82. The van der Waals surface area contributed by atoms with Gasteiger partial charge in [0.05, 0.1) is 13.2 Å². The number of hydrogen-bond acceptors (Lipinski definition) is 2. The Labute approximate surface area is 113 Å². The summed E-state index contributed by atoms with van der Waals surface area (Å²) in [5.74, 6) is -1.76. The molecule has 1 aliphatic carbocycles. The predicted octanol–water partition coefficient (Wildman–Crippen LogP) is 3.57. The first-order valence-electron chi connectivity index (χ1n) is 6.82. The van der Waals surface area contributed by atoms with E-state index in [0.717, 1.165) is 12.8 Å². The largest absolute Gasteiger partial charge is 0.493 e. The van der Waals surface area contributed by atoms with Crippen molar-refractivity contribution >= 4 is 0 Å². The number of hydrogen-bond donors (Lipinski definition) is 1. The number of benzene rings is 1. The lowest BCUT2D eigenvalue weighted by Crippen LogP contribution is -2.32. The molecular formula is C15H21F2NO. The molecule has 0 aromatic heterocycles. The molecule has 0 bridgehead atoms. The summed E-state index contributed by atoms with van der Waals surface area (Å²) >= 11 is 0. The van der Waals surface area contributed by atoms with Gasteiger partial charge in [0.1, 0.15) is 5.75 Å². The van der Waals surface area contributed by atoms with Crippen molar-refractivity contribution in [3.63, 3.8) is 0 Å². The second-order valence-electron chi connectivity index (χ2n) is 5.59. The van der Waals surface area contributed by atoms with Crippen LogP contribution in [-0.4, -0.2) is 19.2 Å². The zero-order valence-corrected chi connectivity index (χ0v) is 11.5. The molecular weight excluding hydrogens is 248 g/mol. The summed E-state index contributed by atoms with van der Waals surface area (Å²) in [6.07, 6.45) is 2.02. The molecule has 106 valence electrons. The van der Waals surface area contributed by atoms with E-state index in [9.17, 15) is 8.78 Å². The quantitative estimate of drug-likeness (QED) is 0.817. The molecule has 1 N–H and O–H groups in total. The first kappa shape index (κ1) is 14.3. The van der Waals surface area contributed by atoms with Gasteiger partial charge < -0.3 is 10.1 Å². The third-order valence-corrected chi connectivity index (χ3v) is 3.05. The van der Waals surface area contributed by atoms with Crippen molar-refractivity contribution in [2.75, 3.05) is 13.2 Å². The maximum absolute atomic E-state index is 13.9. The van der Waals surface area contributed by atoms with Crippen molar-refractivity contribution < 1.29 is 13.5 Å². The summed E-state index contributed by atoms with van der Waals surface area (Å²) in [6, 6.07) is 6.42. The molecule has 1 saturated carbocycles. The highest BCUT2D eigenvalue weighted by Gasteiger charge is 2.33. The highest BCUT2D eigenvalue weighted by atomic mass is 19.3. The molecule has 0 heterocycles. The molecule has 1 aromatic carbocycles. The van der Waals surface area contributed by atoms with Crippen LogP contribution in [0.15, 0.2) is 24.3 Å². The minimum absolute atomic E-state index is 0.0394. The zero-order chi connectivity index (χ0) is 13.9. The lowest BCUT2D eigenvalue weighted by molar-refractivity contribution is -0.00353. The highest BCUT2D eigenvalue weighted by molar-refractivity contribution is 5.30. The van der Waals surface area contributed by atoms with Gasteiger partial charge in [-0.2, -0.15) is 8.78 Å². The number of alkyl halides is 2. The van der Waals surface area contributed by atoms with Crippen LogP contribution in [0.3, 0.4) is 0 Å². The number of halogens is 2. The number of ether oxygens (including phenoxy) is 1. The van der Waals surface area contributed by atoms with Gasteiger partial charge in [0.2, 0.25) is 0 Å². The molecule has 1 fully saturated rings. The predicted molar refractivity (Wildman–Crippen MR) is 71.7 cm³/mol. The molecule has 2 nitrogen and oxygen atoms in total. The monoisotopic (exact) mass is 269 g/mol. The molecule has 0 saturated heterocycles. The smallest absolute Gasteiger partial charge is 0.285 e. The highest BCUT2D eigenvalue weighted by Crippen LogP contribution is 2.30. The minimum atomic E-state index is -2.82. The van der Waals surface area contributed by atoms with Gasteiger partial charge in [-0.3, -0.25) is 0 Å². The van der Waals surface area contributed by atoms with Crippen molar-refractivity contribution in [2.45, 2.75) is 38.7 Å². The van der Waals surface area contributed by atoms with Crippen molar-refractivity contribution in [3.05, 3.63) is 29.8 Å². The zero-order valence-electron chi connectivity index (χ0n) is 11.5. The lowest BCUT2D eigenvalue weighted by Gasteiger charge is -2.18. The Hall–Kier alpha value is -1.16. The third kappa shape index (κ3) is 4.46. The van der Waals surface area contributed by atoms with Crippen molar-refractivity contribution in [2.24, 2.45) is 5.92 Å². The van der Waals surface area contributed by atoms with Crippen LogP contribution in [0.4, 0.5) is 8.78 Å². The molecule has 0 unspecified atom stereocenters. The number of rotatable bonds is 7. The fourth-order valence-electron chi connectivity index (χ4n) is 1.72. The van der Waals surface area contributed by atoms with E-state index in [2.05, 4.69) is 5.32 Å². The van der Waals surface area contributed by atoms with E-state index in [0.29, 0.717) is 24.3 Å².